The summed E-state index contributed by atoms with van der Waals surface area (Å²) >= 11 is 0. The molecular weight excluding hydrogens is 400 g/mol. The molecule has 7 heteroatoms. The van der Waals surface area contributed by atoms with Crippen LogP contribution in [0.2, 0.25) is 0 Å². The first kappa shape index (κ1) is 25.6. The molecule has 0 saturated carbocycles. The lowest BCUT2D eigenvalue weighted by molar-refractivity contribution is -0.163. The van der Waals surface area contributed by atoms with Gasteiger partial charge in [-0.05, 0) is 64.7 Å². The number of ether oxygens (including phenoxy) is 5. The van der Waals surface area contributed by atoms with Crippen molar-refractivity contribution in [1.29, 1.82) is 0 Å². The Morgan fingerprint density at radius 2 is 1.90 bits per heavy atom. The van der Waals surface area contributed by atoms with Gasteiger partial charge in [0.2, 0.25) is 0 Å². The Bertz CT molecular complexity index is 693. The Labute approximate surface area is 186 Å². The van der Waals surface area contributed by atoms with E-state index < -0.39 is 23.4 Å². The Morgan fingerprint density at radius 1 is 1.26 bits per heavy atom. The van der Waals surface area contributed by atoms with Crippen LogP contribution in [0.1, 0.15) is 53.5 Å². The number of carbonyl (C=O) groups is 1. The fraction of sp³-hybridized carbons (Fsp3) is 0.708. The molecule has 0 radical (unpaired) electrons. The summed E-state index contributed by atoms with van der Waals surface area (Å²) in [6.45, 7) is 11.8. The van der Waals surface area contributed by atoms with Gasteiger partial charge in [-0.3, -0.25) is 4.79 Å². The number of esters is 1. The predicted octanol–water partition coefficient (Wildman–Crippen LogP) is 3.71. The highest BCUT2D eigenvalue weighted by atomic mass is 16.7. The minimum absolute atomic E-state index is 0.0518. The van der Waals surface area contributed by atoms with Crippen molar-refractivity contribution in [1.82, 2.24) is 0 Å². The number of hydrogen-bond acceptors (Lipinski definition) is 7. The Morgan fingerprint density at radius 3 is 2.42 bits per heavy atom. The number of benzene rings is 1. The summed E-state index contributed by atoms with van der Waals surface area (Å²) < 4.78 is 28.2. The van der Waals surface area contributed by atoms with E-state index in [-0.39, 0.29) is 24.6 Å². The molecule has 0 aromatic heterocycles. The molecule has 1 aromatic rings. The van der Waals surface area contributed by atoms with E-state index in [0.29, 0.717) is 19.6 Å². The van der Waals surface area contributed by atoms with E-state index in [0.717, 1.165) is 11.3 Å². The highest BCUT2D eigenvalue weighted by Gasteiger charge is 2.37. The molecule has 0 spiro atoms. The van der Waals surface area contributed by atoms with Gasteiger partial charge < -0.3 is 28.8 Å². The molecule has 4 atom stereocenters. The lowest BCUT2D eigenvalue weighted by atomic mass is 9.93. The van der Waals surface area contributed by atoms with Crippen molar-refractivity contribution in [2.45, 2.75) is 78.7 Å². The highest BCUT2D eigenvalue weighted by molar-refractivity contribution is 5.75. The van der Waals surface area contributed by atoms with Crippen molar-refractivity contribution in [3.8, 4) is 5.75 Å². The summed E-state index contributed by atoms with van der Waals surface area (Å²) in [6.07, 6.45) is -0.931. The van der Waals surface area contributed by atoms with E-state index in [4.69, 9.17) is 23.7 Å². The molecular formula is C24H38O7. The summed E-state index contributed by atoms with van der Waals surface area (Å²) in [7, 11) is 1.62. The molecule has 0 unspecified atom stereocenters. The number of aliphatic hydroxyl groups is 1. The Hall–Kier alpha value is -1.67. The minimum Gasteiger partial charge on any atom is -0.497 e. The molecule has 1 fully saturated rings. The van der Waals surface area contributed by atoms with Gasteiger partial charge >= 0.3 is 5.97 Å². The number of aliphatic hydroxyl groups excluding tert-OH is 1. The van der Waals surface area contributed by atoms with E-state index in [9.17, 15) is 9.90 Å². The highest BCUT2D eigenvalue weighted by Crippen LogP contribution is 2.29. The van der Waals surface area contributed by atoms with Crippen LogP contribution in [0, 0.1) is 11.3 Å². The number of carbonyl (C=O) groups excluding carboxylic acids is 1. The van der Waals surface area contributed by atoms with E-state index in [1.54, 1.807) is 27.9 Å². The lowest BCUT2D eigenvalue weighted by Gasteiger charge is -2.30. The van der Waals surface area contributed by atoms with Crippen LogP contribution in [0.25, 0.3) is 0 Å². The van der Waals surface area contributed by atoms with Gasteiger partial charge in [0, 0.05) is 0 Å². The third-order valence-corrected chi connectivity index (χ3v) is 5.24. The molecule has 176 valence electrons. The Balaban J connectivity index is 2.02. The van der Waals surface area contributed by atoms with Crippen molar-refractivity contribution < 1.29 is 33.6 Å². The van der Waals surface area contributed by atoms with Crippen LogP contribution >= 0.6 is 0 Å². The van der Waals surface area contributed by atoms with E-state index in [1.807, 2.05) is 45.0 Å². The molecule has 31 heavy (non-hydrogen) atoms. The first-order valence-electron chi connectivity index (χ1n) is 10.8. The van der Waals surface area contributed by atoms with Crippen LogP contribution in [0.5, 0.6) is 5.75 Å². The molecule has 0 amide bonds. The number of hydrogen-bond donors (Lipinski definition) is 1. The molecule has 1 N–H and O–H groups in total. The van der Waals surface area contributed by atoms with Crippen molar-refractivity contribution in [2.24, 2.45) is 11.3 Å². The molecule has 1 saturated heterocycles. The second kappa shape index (κ2) is 10.8. The average molecular weight is 439 g/mol. The maximum absolute atomic E-state index is 12.1. The van der Waals surface area contributed by atoms with Gasteiger partial charge in [0.15, 0.2) is 5.79 Å². The van der Waals surface area contributed by atoms with Crippen LogP contribution in [-0.4, -0.2) is 55.5 Å². The topological polar surface area (TPSA) is 83.5 Å². The van der Waals surface area contributed by atoms with Gasteiger partial charge in [-0.1, -0.05) is 19.1 Å². The number of methoxy groups -OCH3 is 1. The quantitative estimate of drug-likeness (QED) is 0.558. The van der Waals surface area contributed by atoms with Gasteiger partial charge in [-0.2, -0.15) is 0 Å². The molecule has 2 rings (SSSR count). The zero-order valence-electron chi connectivity index (χ0n) is 19.8. The van der Waals surface area contributed by atoms with E-state index >= 15 is 0 Å². The van der Waals surface area contributed by atoms with Crippen molar-refractivity contribution in [3.63, 3.8) is 0 Å². The van der Waals surface area contributed by atoms with Crippen molar-refractivity contribution in [3.05, 3.63) is 29.8 Å². The summed E-state index contributed by atoms with van der Waals surface area (Å²) in [5.74, 6) is -0.250. The predicted molar refractivity (Wildman–Crippen MR) is 117 cm³/mol. The third kappa shape index (κ3) is 8.07. The third-order valence-electron chi connectivity index (χ3n) is 5.24. The van der Waals surface area contributed by atoms with Crippen LogP contribution in [0.3, 0.4) is 0 Å². The SMILES string of the molecule is COc1ccc(CO[C@@H]([C@H](C)C[C@@H]2COC(C)(C)O2)[C@H](O)COC(=O)C(C)(C)C)cc1. The van der Waals surface area contributed by atoms with Gasteiger partial charge in [-0.25, -0.2) is 0 Å². The monoisotopic (exact) mass is 438 g/mol. The maximum atomic E-state index is 12.1. The van der Waals surface area contributed by atoms with Gasteiger partial charge in [-0.15, -0.1) is 0 Å². The van der Waals surface area contributed by atoms with Crippen LogP contribution in [0.4, 0.5) is 0 Å². The molecule has 0 aliphatic carbocycles. The van der Waals surface area contributed by atoms with Crippen LogP contribution in [-0.2, 0) is 30.3 Å². The molecule has 1 aliphatic rings. The second-order valence-electron chi connectivity index (χ2n) is 9.70. The fourth-order valence-electron chi connectivity index (χ4n) is 3.47. The van der Waals surface area contributed by atoms with Crippen molar-refractivity contribution in [2.75, 3.05) is 20.3 Å². The van der Waals surface area contributed by atoms with Gasteiger partial charge in [0.1, 0.15) is 18.5 Å². The number of rotatable bonds is 10. The zero-order valence-corrected chi connectivity index (χ0v) is 19.8. The molecule has 1 heterocycles. The van der Waals surface area contributed by atoms with Gasteiger partial charge in [0.25, 0.3) is 0 Å². The first-order valence-corrected chi connectivity index (χ1v) is 10.8. The molecule has 7 nitrogen and oxygen atoms in total. The molecule has 1 aliphatic heterocycles. The van der Waals surface area contributed by atoms with Crippen molar-refractivity contribution >= 4 is 5.97 Å². The normalized spacial score (nSPS) is 21.4. The summed E-state index contributed by atoms with van der Waals surface area (Å²) in [5.41, 5.74) is 0.323. The van der Waals surface area contributed by atoms with Crippen LogP contribution < -0.4 is 4.74 Å². The largest absolute Gasteiger partial charge is 0.497 e. The summed E-state index contributed by atoms with van der Waals surface area (Å²) in [5, 5.41) is 10.8. The van der Waals surface area contributed by atoms with Gasteiger partial charge in [0.05, 0.1) is 37.9 Å². The zero-order chi connectivity index (χ0) is 23.2. The average Bonchev–Trinajstić information content (AvgIpc) is 3.04. The second-order valence-corrected chi connectivity index (χ2v) is 9.70. The van der Waals surface area contributed by atoms with Crippen LogP contribution in [0.15, 0.2) is 24.3 Å². The lowest BCUT2D eigenvalue weighted by Crippen LogP contribution is -2.41. The molecule has 1 aromatic carbocycles. The smallest absolute Gasteiger partial charge is 0.311 e. The van der Waals surface area contributed by atoms with E-state index in [1.165, 1.54) is 0 Å². The Kier molecular flexibility index (Phi) is 8.89. The standard InChI is InChI=1S/C24H38O7/c1-16(12-19-14-30-24(5,6)31-19)21(20(25)15-29-22(26)23(2,3)4)28-13-17-8-10-18(27-7)11-9-17/h8-11,16,19-21,25H,12-15H2,1-7H3/t16-,19-,20-,21+/m1/s1. The maximum Gasteiger partial charge on any atom is 0.311 e. The summed E-state index contributed by atoms with van der Waals surface area (Å²) in [4.78, 5) is 12.1. The fourth-order valence-corrected chi connectivity index (χ4v) is 3.47. The summed E-state index contributed by atoms with van der Waals surface area (Å²) in [6, 6.07) is 7.57. The van der Waals surface area contributed by atoms with E-state index in [2.05, 4.69) is 0 Å². The first-order chi connectivity index (χ1) is 14.4. The molecule has 0 bridgehead atoms. The minimum atomic E-state index is -0.963.